The maximum Gasteiger partial charge on any atom is 0.307 e. The SMILES string of the molecule is O=C(O)C1CNC(c2ccc(OC3CCSC3)cc2)C1. The molecule has 108 valence electrons. The van der Waals surface area contributed by atoms with E-state index in [1.54, 1.807) is 0 Å². The molecule has 4 nitrogen and oxygen atoms in total. The van der Waals surface area contributed by atoms with Crippen molar-refractivity contribution < 1.29 is 14.6 Å². The molecule has 2 aliphatic rings. The van der Waals surface area contributed by atoms with Gasteiger partial charge in [0.1, 0.15) is 11.9 Å². The van der Waals surface area contributed by atoms with E-state index in [4.69, 9.17) is 9.84 Å². The minimum Gasteiger partial charge on any atom is -0.490 e. The number of carboxylic acids is 1. The van der Waals surface area contributed by atoms with Gasteiger partial charge in [0.25, 0.3) is 0 Å². The van der Waals surface area contributed by atoms with E-state index in [1.807, 2.05) is 36.0 Å². The second-order valence-corrected chi connectivity index (χ2v) is 6.55. The molecule has 2 saturated heterocycles. The van der Waals surface area contributed by atoms with Crippen molar-refractivity contribution in [2.24, 2.45) is 5.92 Å². The predicted octanol–water partition coefficient (Wildman–Crippen LogP) is 2.31. The zero-order valence-electron chi connectivity index (χ0n) is 11.2. The molecule has 0 bridgehead atoms. The molecule has 0 saturated carbocycles. The molecule has 5 heteroatoms. The van der Waals surface area contributed by atoms with E-state index in [9.17, 15) is 4.79 Å². The minimum absolute atomic E-state index is 0.146. The smallest absolute Gasteiger partial charge is 0.307 e. The van der Waals surface area contributed by atoms with Crippen LogP contribution in [0.4, 0.5) is 0 Å². The van der Waals surface area contributed by atoms with Gasteiger partial charge in [-0.25, -0.2) is 0 Å². The number of ether oxygens (including phenoxy) is 1. The second-order valence-electron chi connectivity index (χ2n) is 5.40. The van der Waals surface area contributed by atoms with E-state index in [1.165, 1.54) is 5.75 Å². The molecule has 0 aromatic heterocycles. The highest BCUT2D eigenvalue weighted by atomic mass is 32.2. The molecule has 1 aromatic carbocycles. The molecule has 2 heterocycles. The summed E-state index contributed by atoms with van der Waals surface area (Å²) in [4.78, 5) is 11.0. The number of rotatable bonds is 4. The number of carboxylic acid groups (broad SMARTS) is 1. The van der Waals surface area contributed by atoms with Crippen molar-refractivity contribution in [1.29, 1.82) is 0 Å². The number of benzene rings is 1. The summed E-state index contributed by atoms with van der Waals surface area (Å²) in [6.07, 6.45) is 2.12. The largest absolute Gasteiger partial charge is 0.490 e. The van der Waals surface area contributed by atoms with E-state index in [0.29, 0.717) is 19.1 Å². The Morgan fingerprint density at radius 2 is 2.15 bits per heavy atom. The Labute approximate surface area is 122 Å². The number of hydrogen-bond acceptors (Lipinski definition) is 4. The van der Waals surface area contributed by atoms with Gasteiger partial charge in [-0.05, 0) is 36.3 Å². The van der Waals surface area contributed by atoms with Gasteiger partial charge in [-0.1, -0.05) is 12.1 Å². The summed E-state index contributed by atoms with van der Waals surface area (Å²) in [7, 11) is 0. The first-order valence-corrected chi connectivity index (χ1v) is 8.18. The minimum atomic E-state index is -0.710. The summed E-state index contributed by atoms with van der Waals surface area (Å²) in [6.45, 7) is 0.553. The van der Waals surface area contributed by atoms with Crippen molar-refractivity contribution in [2.45, 2.75) is 25.0 Å². The lowest BCUT2D eigenvalue weighted by Gasteiger charge is -2.14. The highest BCUT2D eigenvalue weighted by Gasteiger charge is 2.30. The quantitative estimate of drug-likeness (QED) is 0.892. The molecule has 3 atom stereocenters. The van der Waals surface area contributed by atoms with E-state index in [-0.39, 0.29) is 12.0 Å². The van der Waals surface area contributed by atoms with Gasteiger partial charge in [-0.15, -0.1) is 0 Å². The summed E-state index contributed by atoms with van der Waals surface area (Å²) in [5.41, 5.74) is 1.14. The fourth-order valence-electron chi connectivity index (χ4n) is 2.75. The van der Waals surface area contributed by atoms with Crippen molar-refractivity contribution >= 4 is 17.7 Å². The lowest BCUT2D eigenvalue weighted by atomic mass is 10.0. The van der Waals surface area contributed by atoms with Crippen LogP contribution in [0.5, 0.6) is 5.75 Å². The highest BCUT2D eigenvalue weighted by Crippen LogP contribution is 2.29. The third-order valence-electron chi connectivity index (χ3n) is 3.95. The summed E-state index contributed by atoms with van der Waals surface area (Å²) < 4.78 is 5.92. The van der Waals surface area contributed by atoms with E-state index in [2.05, 4.69) is 5.32 Å². The normalized spacial score (nSPS) is 29.5. The van der Waals surface area contributed by atoms with E-state index in [0.717, 1.165) is 23.5 Å². The summed E-state index contributed by atoms with van der Waals surface area (Å²) >= 11 is 1.94. The summed E-state index contributed by atoms with van der Waals surface area (Å²) in [6, 6.07) is 8.22. The van der Waals surface area contributed by atoms with Crippen LogP contribution in [0.2, 0.25) is 0 Å². The molecule has 0 amide bonds. The molecule has 1 aromatic rings. The molecule has 20 heavy (non-hydrogen) atoms. The fourth-order valence-corrected chi connectivity index (χ4v) is 3.85. The zero-order chi connectivity index (χ0) is 13.9. The number of thioether (sulfide) groups is 1. The lowest BCUT2D eigenvalue weighted by molar-refractivity contribution is -0.141. The maximum atomic E-state index is 11.0. The Morgan fingerprint density at radius 1 is 1.35 bits per heavy atom. The molecule has 3 rings (SSSR count). The van der Waals surface area contributed by atoms with Crippen LogP contribution in [0, 0.1) is 5.92 Å². The van der Waals surface area contributed by atoms with Crippen LogP contribution in [-0.2, 0) is 4.79 Å². The molecule has 0 spiro atoms. The van der Waals surface area contributed by atoms with E-state index >= 15 is 0 Å². The Balaban J connectivity index is 1.60. The van der Waals surface area contributed by atoms with E-state index < -0.39 is 5.97 Å². The topological polar surface area (TPSA) is 58.6 Å². The number of aliphatic carboxylic acids is 1. The van der Waals surface area contributed by atoms with Gasteiger partial charge in [0, 0.05) is 18.3 Å². The van der Waals surface area contributed by atoms with Gasteiger partial charge in [0.15, 0.2) is 0 Å². The molecule has 2 aliphatic heterocycles. The van der Waals surface area contributed by atoms with Crippen molar-refractivity contribution in [1.82, 2.24) is 5.32 Å². The summed E-state index contributed by atoms with van der Waals surface area (Å²) in [5.74, 6) is 2.19. The number of carbonyl (C=O) groups is 1. The molecule has 2 N–H and O–H groups in total. The fraction of sp³-hybridized carbons (Fsp3) is 0.533. The zero-order valence-corrected chi connectivity index (χ0v) is 12.1. The van der Waals surface area contributed by atoms with Crippen molar-refractivity contribution in [3.05, 3.63) is 29.8 Å². The Hall–Kier alpha value is -1.20. The first-order chi connectivity index (χ1) is 9.72. The molecule has 0 aliphatic carbocycles. The molecular weight excluding hydrogens is 274 g/mol. The van der Waals surface area contributed by atoms with Gasteiger partial charge in [-0.2, -0.15) is 11.8 Å². The van der Waals surface area contributed by atoms with Gasteiger partial charge < -0.3 is 15.2 Å². The molecule has 0 radical (unpaired) electrons. The van der Waals surface area contributed by atoms with Crippen LogP contribution >= 0.6 is 11.8 Å². The molecule has 2 fully saturated rings. The highest BCUT2D eigenvalue weighted by molar-refractivity contribution is 7.99. The average Bonchev–Trinajstić information content (AvgIpc) is 3.10. The van der Waals surface area contributed by atoms with Crippen LogP contribution in [0.3, 0.4) is 0 Å². The Bertz CT molecular complexity index is 471. The van der Waals surface area contributed by atoms with Crippen molar-refractivity contribution in [2.75, 3.05) is 18.1 Å². The third-order valence-corrected chi connectivity index (χ3v) is 5.09. The van der Waals surface area contributed by atoms with Crippen LogP contribution < -0.4 is 10.1 Å². The molecule has 3 unspecified atom stereocenters. The Morgan fingerprint density at radius 3 is 2.75 bits per heavy atom. The van der Waals surface area contributed by atoms with Crippen molar-refractivity contribution in [3.8, 4) is 5.75 Å². The Kier molecular flexibility index (Phi) is 4.17. The number of hydrogen-bond donors (Lipinski definition) is 2. The maximum absolute atomic E-state index is 11.0. The average molecular weight is 293 g/mol. The summed E-state index contributed by atoms with van der Waals surface area (Å²) in [5, 5.41) is 12.3. The monoisotopic (exact) mass is 293 g/mol. The van der Waals surface area contributed by atoms with Gasteiger partial charge in [0.2, 0.25) is 0 Å². The lowest BCUT2D eigenvalue weighted by Crippen LogP contribution is -2.17. The second kappa shape index (κ2) is 6.06. The predicted molar refractivity (Wildman–Crippen MR) is 79.3 cm³/mol. The first kappa shape index (κ1) is 13.8. The third kappa shape index (κ3) is 3.10. The number of nitrogens with one attached hydrogen (secondary N) is 1. The van der Waals surface area contributed by atoms with Crippen LogP contribution in [0.15, 0.2) is 24.3 Å². The molecular formula is C15H19NO3S. The van der Waals surface area contributed by atoms with Gasteiger partial charge in [-0.3, -0.25) is 4.79 Å². The van der Waals surface area contributed by atoms with Gasteiger partial charge >= 0.3 is 5.97 Å². The first-order valence-electron chi connectivity index (χ1n) is 7.03. The van der Waals surface area contributed by atoms with Crippen LogP contribution in [-0.4, -0.2) is 35.2 Å². The van der Waals surface area contributed by atoms with Crippen LogP contribution in [0.1, 0.15) is 24.4 Å². The van der Waals surface area contributed by atoms with Crippen molar-refractivity contribution in [3.63, 3.8) is 0 Å². The van der Waals surface area contributed by atoms with Crippen LogP contribution in [0.25, 0.3) is 0 Å². The standard InChI is InChI=1S/C15H19NO3S/c17-15(18)11-7-14(16-8-11)10-1-3-12(4-2-10)19-13-5-6-20-9-13/h1-4,11,13-14,16H,5-9H2,(H,17,18). The van der Waals surface area contributed by atoms with Gasteiger partial charge in [0.05, 0.1) is 5.92 Å².